The average Bonchev–Trinajstić information content (AvgIpc) is 2.47. The Morgan fingerprint density at radius 1 is 1.12 bits per heavy atom. The van der Waals surface area contributed by atoms with E-state index in [9.17, 15) is 31.1 Å². The van der Waals surface area contributed by atoms with Gasteiger partial charge in [0, 0.05) is 6.54 Å². The number of nitrogens with one attached hydrogen (secondary N) is 1. The summed E-state index contributed by atoms with van der Waals surface area (Å²) in [5.74, 6) is -0.642. The first-order valence-electron chi connectivity index (χ1n) is 6.82. The number of rotatable bonds is 3. The van der Waals surface area contributed by atoms with E-state index in [1.165, 1.54) is 6.92 Å². The molecule has 1 saturated heterocycles. The van der Waals surface area contributed by atoms with Crippen molar-refractivity contribution in [1.29, 1.82) is 0 Å². The number of carbonyl (C=O) groups is 1. The van der Waals surface area contributed by atoms with Gasteiger partial charge < -0.3 is 14.8 Å². The molecule has 2 rings (SSSR count). The minimum absolute atomic E-state index is 0.0278. The van der Waals surface area contributed by atoms with Crippen molar-refractivity contribution in [1.82, 2.24) is 5.32 Å². The van der Waals surface area contributed by atoms with Gasteiger partial charge in [-0.2, -0.15) is 26.3 Å². The van der Waals surface area contributed by atoms with Gasteiger partial charge in [0.05, 0.1) is 23.8 Å². The maximum atomic E-state index is 12.8. The van der Waals surface area contributed by atoms with Crippen molar-refractivity contribution in [3.8, 4) is 0 Å². The summed E-state index contributed by atoms with van der Waals surface area (Å²) in [6, 6.07) is 1.14. The molecular formula is C14H13F6NO3. The molecule has 0 aliphatic carbocycles. The van der Waals surface area contributed by atoms with Crippen LogP contribution in [0.5, 0.6) is 0 Å². The lowest BCUT2D eigenvalue weighted by atomic mass is 10.0. The summed E-state index contributed by atoms with van der Waals surface area (Å²) < 4.78 is 87.1. The van der Waals surface area contributed by atoms with Gasteiger partial charge in [-0.1, -0.05) is 0 Å². The van der Waals surface area contributed by atoms with Crippen LogP contribution in [-0.2, 0) is 26.6 Å². The summed E-state index contributed by atoms with van der Waals surface area (Å²) in [4.78, 5) is 11.5. The van der Waals surface area contributed by atoms with E-state index < -0.39 is 41.8 Å². The summed E-state index contributed by atoms with van der Waals surface area (Å²) in [7, 11) is 0. The lowest BCUT2D eigenvalue weighted by molar-refractivity contribution is -0.193. The molecule has 24 heavy (non-hydrogen) atoms. The minimum atomic E-state index is -4.95. The summed E-state index contributed by atoms with van der Waals surface area (Å²) in [5.41, 5.74) is -3.26. The van der Waals surface area contributed by atoms with E-state index in [2.05, 4.69) is 5.32 Å². The highest BCUT2D eigenvalue weighted by Gasteiger charge is 2.37. The fraction of sp³-hybridized carbons (Fsp3) is 0.500. The number of carbonyl (C=O) groups excluding carboxylic acids is 1. The molecule has 0 aromatic heterocycles. The van der Waals surface area contributed by atoms with Crippen LogP contribution in [0.1, 0.15) is 29.7 Å². The van der Waals surface area contributed by atoms with Crippen LogP contribution in [-0.4, -0.2) is 25.3 Å². The van der Waals surface area contributed by atoms with Crippen LogP contribution in [0.25, 0.3) is 0 Å². The zero-order valence-corrected chi connectivity index (χ0v) is 12.3. The lowest BCUT2D eigenvalue weighted by Gasteiger charge is -2.26. The molecule has 1 aliphatic rings. The first-order chi connectivity index (χ1) is 11.0. The molecular weight excluding hydrogens is 344 g/mol. The Balaban J connectivity index is 2.32. The molecule has 1 aliphatic heterocycles. The Hall–Kier alpha value is -1.81. The summed E-state index contributed by atoms with van der Waals surface area (Å²) in [5, 5.41) is 2.41. The summed E-state index contributed by atoms with van der Waals surface area (Å²) in [6.45, 7) is 1.61. The maximum Gasteiger partial charge on any atom is 0.416 e. The van der Waals surface area contributed by atoms with Crippen molar-refractivity contribution in [3.05, 3.63) is 34.9 Å². The zero-order valence-electron chi connectivity index (χ0n) is 12.3. The van der Waals surface area contributed by atoms with Gasteiger partial charge in [0.2, 0.25) is 6.29 Å². The number of halogens is 6. The third-order valence-electron chi connectivity index (χ3n) is 3.29. The normalized spacial score (nSPS) is 20.6. The number of amides is 1. The second-order valence-electron chi connectivity index (χ2n) is 5.11. The Morgan fingerprint density at radius 3 is 2.12 bits per heavy atom. The van der Waals surface area contributed by atoms with Crippen molar-refractivity contribution >= 4 is 5.91 Å². The third-order valence-corrected chi connectivity index (χ3v) is 3.29. The van der Waals surface area contributed by atoms with Crippen LogP contribution in [0, 0.1) is 0 Å². The molecule has 1 fully saturated rings. The number of alkyl halides is 6. The molecule has 1 amide bonds. The molecule has 1 N–H and O–H groups in total. The summed E-state index contributed by atoms with van der Waals surface area (Å²) >= 11 is 0. The van der Waals surface area contributed by atoms with E-state index >= 15 is 0 Å². The van der Waals surface area contributed by atoms with Crippen LogP contribution < -0.4 is 5.32 Å². The SMILES string of the molecule is C[C@@H](O[C@H]1OCCNC1=O)c1cc(C(F)(F)F)cc(C(F)(F)F)c1. The second-order valence-corrected chi connectivity index (χ2v) is 5.11. The van der Waals surface area contributed by atoms with Gasteiger partial charge in [0.25, 0.3) is 5.91 Å². The number of benzene rings is 1. The highest BCUT2D eigenvalue weighted by Crippen LogP contribution is 2.38. The molecule has 1 aromatic carbocycles. The Labute approximate surface area is 132 Å². The quantitative estimate of drug-likeness (QED) is 0.845. The number of morpholine rings is 1. The van der Waals surface area contributed by atoms with E-state index in [0.717, 1.165) is 0 Å². The van der Waals surface area contributed by atoms with Crippen molar-refractivity contribution in [3.63, 3.8) is 0 Å². The maximum absolute atomic E-state index is 12.8. The Morgan fingerprint density at radius 2 is 1.67 bits per heavy atom. The number of hydrogen-bond donors (Lipinski definition) is 1. The van der Waals surface area contributed by atoms with Gasteiger partial charge in [0.15, 0.2) is 0 Å². The first-order valence-corrected chi connectivity index (χ1v) is 6.82. The molecule has 10 heteroatoms. The smallest absolute Gasteiger partial charge is 0.349 e. The average molecular weight is 357 g/mol. The molecule has 0 saturated carbocycles. The van der Waals surface area contributed by atoms with Gasteiger partial charge in [-0.15, -0.1) is 0 Å². The fourth-order valence-corrected chi connectivity index (χ4v) is 2.08. The van der Waals surface area contributed by atoms with Crippen molar-refractivity contribution < 1.29 is 40.6 Å². The van der Waals surface area contributed by atoms with Crippen molar-refractivity contribution in [2.45, 2.75) is 31.7 Å². The summed E-state index contributed by atoms with van der Waals surface area (Å²) in [6.07, 6.45) is -12.5. The zero-order chi connectivity index (χ0) is 18.1. The second kappa shape index (κ2) is 6.60. The number of ether oxygens (including phenoxy) is 2. The van der Waals surface area contributed by atoms with Gasteiger partial charge >= 0.3 is 12.4 Å². The van der Waals surface area contributed by atoms with E-state index in [4.69, 9.17) is 9.47 Å². The molecule has 2 atom stereocenters. The highest BCUT2D eigenvalue weighted by atomic mass is 19.4. The molecule has 0 radical (unpaired) electrons. The first kappa shape index (κ1) is 18.5. The largest absolute Gasteiger partial charge is 0.416 e. The fourth-order valence-electron chi connectivity index (χ4n) is 2.08. The van der Waals surface area contributed by atoms with Gasteiger partial charge in [-0.3, -0.25) is 4.79 Å². The third kappa shape index (κ3) is 4.38. The van der Waals surface area contributed by atoms with Gasteiger partial charge in [-0.25, -0.2) is 0 Å². The standard InChI is InChI=1S/C14H13F6NO3/c1-7(24-12-11(22)21-2-3-23-12)8-4-9(13(15,16)17)6-10(5-8)14(18,19)20/h4-7,12H,2-3H2,1H3,(H,21,22)/t7-,12-/m1/s1. The molecule has 4 nitrogen and oxygen atoms in total. The Kier molecular flexibility index (Phi) is 5.09. The molecule has 134 valence electrons. The van der Waals surface area contributed by atoms with Crippen molar-refractivity contribution in [2.75, 3.05) is 13.2 Å². The molecule has 1 aromatic rings. The minimum Gasteiger partial charge on any atom is -0.349 e. The number of hydrogen-bond acceptors (Lipinski definition) is 3. The lowest BCUT2D eigenvalue weighted by Crippen LogP contribution is -2.45. The van der Waals surface area contributed by atoms with Crippen LogP contribution in [0.4, 0.5) is 26.3 Å². The van der Waals surface area contributed by atoms with Crippen LogP contribution in [0.15, 0.2) is 18.2 Å². The predicted molar refractivity (Wildman–Crippen MR) is 68.7 cm³/mol. The predicted octanol–water partition coefficient (Wildman–Crippen LogP) is 3.27. The monoisotopic (exact) mass is 357 g/mol. The Bertz CT molecular complexity index is 581. The highest BCUT2D eigenvalue weighted by molar-refractivity contribution is 5.79. The van der Waals surface area contributed by atoms with Crippen LogP contribution in [0.2, 0.25) is 0 Å². The van der Waals surface area contributed by atoms with Gasteiger partial charge in [-0.05, 0) is 30.7 Å². The molecule has 0 bridgehead atoms. The van der Waals surface area contributed by atoms with E-state index in [0.29, 0.717) is 12.1 Å². The van der Waals surface area contributed by atoms with Crippen LogP contribution in [0.3, 0.4) is 0 Å². The van der Waals surface area contributed by atoms with Gasteiger partial charge in [0.1, 0.15) is 0 Å². The molecule has 0 unspecified atom stereocenters. The van der Waals surface area contributed by atoms with E-state index in [1.807, 2.05) is 0 Å². The van der Waals surface area contributed by atoms with E-state index in [-0.39, 0.29) is 24.8 Å². The topological polar surface area (TPSA) is 47.6 Å². The van der Waals surface area contributed by atoms with E-state index in [1.54, 1.807) is 0 Å². The van der Waals surface area contributed by atoms with Crippen LogP contribution >= 0.6 is 0 Å². The molecule has 0 spiro atoms. The van der Waals surface area contributed by atoms with Crippen molar-refractivity contribution in [2.24, 2.45) is 0 Å². The molecule has 1 heterocycles.